The third kappa shape index (κ3) is 6.94. The van der Waals surface area contributed by atoms with Gasteiger partial charge in [-0.15, -0.1) is 12.4 Å². The van der Waals surface area contributed by atoms with Gasteiger partial charge in [-0.2, -0.15) is 0 Å². The number of halogens is 1. The van der Waals surface area contributed by atoms with Crippen LogP contribution >= 0.6 is 12.4 Å². The SMILES string of the molecule is COc1ccccc1CCCNCCCCC(=O)c1ccc2c(c1)OCCO2.Cl. The van der Waals surface area contributed by atoms with Crippen LogP contribution in [0.1, 0.15) is 41.6 Å². The van der Waals surface area contributed by atoms with Gasteiger partial charge in [-0.3, -0.25) is 4.79 Å². The normalized spacial score (nSPS) is 12.2. The number of carbonyl (C=O) groups is 1. The van der Waals surface area contributed by atoms with Crippen LogP contribution in [0, 0.1) is 0 Å². The molecule has 0 bridgehead atoms. The summed E-state index contributed by atoms with van der Waals surface area (Å²) in [5, 5.41) is 3.46. The molecule has 158 valence electrons. The summed E-state index contributed by atoms with van der Waals surface area (Å²) in [6.45, 7) is 2.99. The second kappa shape index (κ2) is 12.3. The molecule has 29 heavy (non-hydrogen) atoms. The highest BCUT2D eigenvalue weighted by Gasteiger charge is 2.14. The Kier molecular flexibility index (Phi) is 9.81. The van der Waals surface area contributed by atoms with E-state index in [0.717, 1.165) is 50.3 Å². The maximum Gasteiger partial charge on any atom is 0.163 e. The van der Waals surface area contributed by atoms with Gasteiger partial charge >= 0.3 is 0 Å². The van der Waals surface area contributed by atoms with E-state index in [0.29, 0.717) is 30.9 Å². The first-order chi connectivity index (χ1) is 13.8. The summed E-state index contributed by atoms with van der Waals surface area (Å²) in [6.07, 6.45) is 4.50. The zero-order chi connectivity index (χ0) is 19.6. The maximum atomic E-state index is 12.4. The Bertz CT molecular complexity index is 781. The fraction of sp³-hybridized carbons (Fsp3) is 0.435. The molecule has 0 atom stereocenters. The van der Waals surface area contributed by atoms with Crippen molar-refractivity contribution in [2.24, 2.45) is 0 Å². The number of rotatable bonds is 11. The standard InChI is InChI=1S/C23H29NO4.ClH/c1-26-21-10-3-2-7-18(21)8-6-14-24-13-5-4-9-20(25)19-11-12-22-23(17-19)28-16-15-27-22;/h2-3,7,10-12,17,24H,4-6,8-9,13-16H2,1H3;1H. The summed E-state index contributed by atoms with van der Waals surface area (Å²) in [7, 11) is 1.71. The molecule has 2 aromatic carbocycles. The Morgan fingerprint density at radius 2 is 1.76 bits per heavy atom. The molecular formula is C23H30ClNO4. The highest BCUT2D eigenvalue weighted by atomic mass is 35.5. The average Bonchev–Trinajstić information content (AvgIpc) is 2.75. The maximum absolute atomic E-state index is 12.4. The van der Waals surface area contributed by atoms with E-state index in [1.54, 1.807) is 13.2 Å². The quantitative estimate of drug-likeness (QED) is 0.430. The van der Waals surface area contributed by atoms with Crippen LogP contribution in [0.2, 0.25) is 0 Å². The molecule has 1 heterocycles. The van der Waals surface area contributed by atoms with Crippen molar-refractivity contribution in [1.82, 2.24) is 5.32 Å². The number of carbonyl (C=O) groups excluding carboxylic acids is 1. The number of methoxy groups -OCH3 is 1. The molecule has 1 N–H and O–H groups in total. The smallest absolute Gasteiger partial charge is 0.163 e. The number of hydrogen-bond acceptors (Lipinski definition) is 5. The van der Waals surface area contributed by atoms with Crippen LogP contribution < -0.4 is 19.5 Å². The van der Waals surface area contributed by atoms with E-state index in [-0.39, 0.29) is 18.2 Å². The number of para-hydroxylation sites is 1. The van der Waals surface area contributed by atoms with Gasteiger partial charge in [0.1, 0.15) is 19.0 Å². The Morgan fingerprint density at radius 1 is 1.00 bits per heavy atom. The van der Waals surface area contributed by atoms with Crippen LogP contribution in [0.5, 0.6) is 17.2 Å². The minimum atomic E-state index is 0. The monoisotopic (exact) mass is 419 g/mol. The highest BCUT2D eigenvalue weighted by molar-refractivity contribution is 5.96. The fourth-order valence-corrected chi connectivity index (χ4v) is 3.34. The Morgan fingerprint density at radius 3 is 2.59 bits per heavy atom. The van der Waals surface area contributed by atoms with Gasteiger partial charge in [0.05, 0.1) is 7.11 Å². The minimum absolute atomic E-state index is 0. The van der Waals surface area contributed by atoms with E-state index in [1.165, 1.54) is 5.56 Å². The van der Waals surface area contributed by atoms with Crippen molar-refractivity contribution < 1.29 is 19.0 Å². The summed E-state index contributed by atoms with van der Waals surface area (Å²) in [4.78, 5) is 12.4. The average molecular weight is 420 g/mol. The number of benzene rings is 2. The Hall–Kier alpha value is -2.24. The lowest BCUT2D eigenvalue weighted by molar-refractivity contribution is 0.0978. The van der Waals surface area contributed by atoms with Gasteiger partial charge in [-0.1, -0.05) is 18.2 Å². The largest absolute Gasteiger partial charge is 0.496 e. The van der Waals surface area contributed by atoms with Gasteiger partial charge in [0.25, 0.3) is 0 Å². The van der Waals surface area contributed by atoms with Crippen molar-refractivity contribution in [3.8, 4) is 17.2 Å². The molecule has 0 unspecified atom stereocenters. The predicted octanol–water partition coefficient (Wildman–Crippen LogP) is 4.46. The van der Waals surface area contributed by atoms with Crippen LogP contribution in [-0.4, -0.2) is 39.2 Å². The van der Waals surface area contributed by atoms with Gasteiger partial charge in [0, 0.05) is 12.0 Å². The van der Waals surface area contributed by atoms with Crippen LogP contribution in [0.15, 0.2) is 42.5 Å². The van der Waals surface area contributed by atoms with Gasteiger partial charge < -0.3 is 19.5 Å². The number of ether oxygens (including phenoxy) is 3. The van der Waals surface area contributed by atoms with Gasteiger partial charge in [0.2, 0.25) is 0 Å². The number of nitrogens with one attached hydrogen (secondary N) is 1. The first kappa shape index (κ1) is 23.0. The Labute approximate surface area is 179 Å². The summed E-state index contributed by atoms with van der Waals surface area (Å²) in [6, 6.07) is 13.6. The first-order valence-corrected chi connectivity index (χ1v) is 10.0. The van der Waals surface area contributed by atoms with E-state index in [2.05, 4.69) is 11.4 Å². The van der Waals surface area contributed by atoms with Crippen molar-refractivity contribution in [3.05, 3.63) is 53.6 Å². The van der Waals surface area contributed by atoms with Crippen molar-refractivity contribution >= 4 is 18.2 Å². The second-order valence-electron chi connectivity index (χ2n) is 6.90. The molecule has 0 aromatic heterocycles. The van der Waals surface area contributed by atoms with Crippen molar-refractivity contribution in [2.45, 2.75) is 32.1 Å². The lowest BCUT2D eigenvalue weighted by atomic mass is 10.0. The molecule has 5 nitrogen and oxygen atoms in total. The molecule has 1 aliphatic heterocycles. The molecule has 0 saturated heterocycles. The van der Waals surface area contributed by atoms with Gasteiger partial charge in [-0.25, -0.2) is 0 Å². The number of ketones is 1. The number of Topliss-reactive ketones (excluding diaryl/α,β-unsaturated/α-hetero) is 1. The topological polar surface area (TPSA) is 56.8 Å². The van der Waals surface area contributed by atoms with E-state index >= 15 is 0 Å². The zero-order valence-electron chi connectivity index (χ0n) is 16.9. The molecular weight excluding hydrogens is 390 g/mol. The predicted molar refractivity (Wildman–Crippen MR) is 117 cm³/mol. The van der Waals surface area contributed by atoms with Gasteiger partial charge in [-0.05, 0) is 68.6 Å². The van der Waals surface area contributed by atoms with E-state index in [4.69, 9.17) is 14.2 Å². The lowest BCUT2D eigenvalue weighted by Crippen LogP contribution is -2.17. The third-order valence-electron chi connectivity index (χ3n) is 4.86. The van der Waals surface area contributed by atoms with Crippen LogP contribution in [0.25, 0.3) is 0 Å². The summed E-state index contributed by atoms with van der Waals surface area (Å²) >= 11 is 0. The summed E-state index contributed by atoms with van der Waals surface area (Å²) in [5.41, 5.74) is 1.95. The summed E-state index contributed by atoms with van der Waals surface area (Å²) < 4.78 is 16.4. The Balaban J connectivity index is 0.00000300. The molecule has 0 saturated carbocycles. The third-order valence-corrected chi connectivity index (χ3v) is 4.86. The fourth-order valence-electron chi connectivity index (χ4n) is 3.34. The highest BCUT2D eigenvalue weighted by Crippen LogP contribution is 2.31. The number of aryl methyl sites for hydroxylation is 1. The molecule has 0 aliphatic carbocycles. The zero-order valence-corrected chi connectivity index (χ0v) is 17.8. The van der Waals surface area contributed by atoms with Crippen molar-refractivity contribution in [1.29, 1.82) is 0 Å². The lowest BCUT2D eigenvalue weighted by Gasteiger charge is -2.18. The second-order valence-corrected chi connectivity index (χ2v) is 6.90. The minimum Gasteiger partial charge on any atom is -0.496 e. The number of unbranched alkanes of at least 4 members (excludes halogenated alkanes) is 1. The first-order valence-electron chi connectivity index (χ1n) is 10.0. The van der Waals surface area contributed by atoms with Crippen LogP contribution in [0.4, 0.5) is 0 Å². The van der Waals surface area contributed by atoms with Crippen LogP contribution in [0.3, 0.4) is 0 Å². The molecule has 2 aromatic rings. The van der Waals surface area contributed by atoms with Crippen molar-refractivity contribution in [3.63, 3.8) is 0 Å². The number of fused-ring (bicyclic) bond motifs is 1. The molecule has 0 amide bonds. The molecule has 0 fully saturated rings. The van der Waals surface area contributed by atoms with Crippen LogP contribution in [-0.2, 0) is 6.42 Å². The molecule has 0 spiro atoms. The molecule has 0 radical (unpaired) electrons. The van der Waals surface area contributed by atoms with E-state index < -0.39 is 0 Å². The summed E-state index contributed by atoms with van der Waals surface area (Å²) in [5.74, 6) is 2.52. The van der Waals surface area contributed by atoms with Crippen molar-refractivity contribution in [2.75, 3.05) is 33.4 Å². The molecule has 3 rings (SSSR count). The molecule has 1 aliphatic rings. The van der Waals surface area contributed by atoms with E-state index in [1.807, 2.05) is 30.3 Å². The van der Waals surface area contributed by atoms with E-state index in [9.17, 15) is 4.79 Å². The molecule has 6 heteroatoms. The number of hydrogen-bond donors (Lipinski definition) is 1. The van der Waals surface area contributed by atoms with Gasteiger partial charge in [0.15, 0.2) is 17.3 Å².